The lowest BCUT2D eigenvalue weighted by atomic mass is 9.85. The molecule has 3 aliphatic rings. The third-order valence-electron chi connectivity index (χ3n) is 6.41. The summed E-state index contributed by atoms with van der Waals surface area (Å²) in [4.78, 5) is 43.2. The van der Waals surface area contributed by atoms with E-state index in [-0.39, 0.29) is 22.8 Å². The summed E-state index contributed by atoms with van der Waals surface area (Å²) >= 11 is 12.1. The molecule has 0 spiro atoms. The molecule has 0 bridgehead atoms. The Morgan fingerprint density at radius 3 is 2.37 bits per heavy atom. The first-order chi connectivity index (χ1) is 14.4. The number of carbonyl (C=O) groups excluding carboxylic acids is 3. The van der Waals surface area contributed by atoms with Gasteiger partial charge in [-0.05, 0) is 61.9 Å². The number of benzene rings is 2. The van der Waals surface area contributed by atoms with Gasteiger partial charge in [-0.2, -0.15) is 0 Å². The fourth-order valence-electron chi connectivity index (χ4n) is 5.18. The Labute approximate surface area is 182 Å². The van der Waals surface area contributed by atoms with Gasteiger partial charge in [-0.3, -0.25) is 19.3 Å². The van der Waals surface area contributed by atoms with Gasteiger partial charge in [0, 0.05) is 11.6 Å². The van der Waals surface area contributed by atoms with Crippen LogP contribution >= 0.6 is 23.2 Å². The normalized spacial score (nSPS) is 28.2. The number of imide groups is 1. The highest BCUT2D eigenvalue weighted by Crippen LogP contribution is 2.48. The Balaban J connectivity index is 1.55. The summed E-state index contributed by atoms with van der Waals surface area (Å²) in [6.07, 6.45) is 1.61. The number of rotatable bonds is 3. The van der Waals surface area contributed by atoms with E-state index < -0.39 is 29.6 Å². The first-order valence-corrected chi connectivity index (χ1v) is 10.5. The van der Waals surface area contributed by atoms with Crippen molar-refractivity contribution >= 4 is 46.5 Å². The van der Waals surface area contributed by atoms with Crippen molar-refractivity contribution in [1.82, 2.24) is 4.90 Å². The van der Waals surface area contributed by atoms with Crippen LogP contribution in [0.1, 0.15) is 23.2 Å². The second kappa shape index (κ2) is 7.15. The molecule has 0 aliphatic carbocycles. The highest BCUT2D eigenvalue weighted by atomic mass is 35.5. The van der Waals surface area contributed by atoms with Gasteiger partial charge in [0.1, 0.15) is 5.82 Å². The molecule has 154 valence electrons. The first-order valence-electron chi connectivity index (χ1n) is 9.77. The van der Waals surface area contributed by atoms with Gasteiger partial charge in [-0.1, -0.05) is 23.2 Å². The molecule has 5 rings (SSSR count). The second-order valence-electron chi connectivity index (χ2n) is 7.93. The Hall–Kier alpha value is -2.28. The molecule has 2 aromatic rings. The summed E-state index contributed by atoms with van der Waals surface area (Å²) in [6, 6.07) is 9.01. The number of Topliss-reactive ketones (excluding diaryl/α,β-unsaturated/α-hetero) is 1. The lowest BCUT2D eigenvalue weighted by molar-refractivity contribution is -0.123. The molecule has 0 saturated carbocycles. The van der Waals surface area contributed by atoms with Crippen molar-refractivity contribution in [2.45, 2.75) is 24.9 Å². The molecule has 0 aromatic heterocycles. The van der Waals surface area contributed by atoms with Gasteiger partial charge in [0.2, 0.25) is 11.8 Å². The number of amides is 2. The van der Waals surface area contributed by atoms with Gasteiger partial charge < -0.3 is 0 Å². The molecular formula is C22H17Cl2FN2O3. The highest BCUT2D eigenvalue weighted by molar-refractivity contribution is 6.42. The predicted molar refractivity (Wildman–Crippen MR) is 110 cm³/mol. The summed E-state index contributed by atoms with van der Waals surface area (Å²) in [7, 11) is 0. The molecule has 2 aromatic carbocycles. The molecular weight excluding hydrogens is 430 g/mol. The van der Waals surface area contributed by atoms with E-state index in [1.807, 2.05) is 4.90 Å². The summed E-state index contributed by atoms with van der Waals surface area (Å²) in [5, 5.41) is 0.569. The maximum atomic E-state index is 13.4. The maximum absolute atomic E-state index is 13.4. The number of ketones is 1. The molecule has 0 radical (unpaired) electrons. The highest BCUT2D eigenvalue weighted by Gasteiger charge is 2.64. The molecule has 3 saturated heterocycles. The number of hydrogen-bond donors (Lipinski definition) is 0. The van der Waals surface area contributed by atoms with E-state index in [0.29, 0.717) is 22.8 Å². The minimum Gasteiger partial charge on any atom is -0.292 e. The lowest BCUT2D eigenvalue weighted by Gasteiger charge is -2.27. The van der Waals surface area contributed by atoms with Crippen LogP contribution in [0.5, 0.6) is 0 Å². The average molecular weight is 447 g/mol. The SMILES string of the molecule is O=C(c1ccc(F)cc1)[C@H]1[C@H]2C(=O)N(c3ccc(Cl)c(Cl)c3)C(=O)[C@@H]2[C@H]2CCCN21. The van der Waals surface area contributed by atoms with E-state index in [9.17, 15) is 18.8 Å². The molecule has 3 aliphatic heterocycles. The Kier molecular flexibility index (Phi) is 4.69. The Morgan fingerprint density at radius 1 is 0.967 bits per heavy atom. The fourth-order valence-corrected chi connectivity index (χ4v) is 5.47. The quantitative estimate of drug-likeness (QED) is 0.528. The third kappa shape index (κ3) is 2.82. The molecule has 0 N–H and O–H groups in total. The van der Waals surface area contributed by atoms with E-state index in [1.165, 1.54) is 36.4 Å². The number of carbonyl (C=O) groups is 3. The minimum atomic E-state index is -0.769. The summed E-state index contributed by atoms with van der Waals surface area (Å²) in [6.45, 7) is 0.655. The largest absolute Gasteiger partial charge is 0.292 e. The summed E-state index contributed by atoms with van der Waals surface area (Å²) < 4.78 is 13.3. The Bertz CT molecular complexity index is 1070. The van der Waals surface area contributed by atoms with Crippen LogP contribution in [-0.4, -0.2) is 41.1 Å². The average Bonchev–Trinajstić information content (AvgIpc) is 3.36. The van der Waals surface area contributed by atoms with Crippen molar-refractivity contribution in [1.29, 1.82) is 0 Å². The van der Waals surface area contributed by atoms with Crippen LogP contribution in [0.2, 0.25) is 10.0 Å². The summed E-state index contributed by atoms with van der Waals surface area (Å²) in [5.41, 5.74) is 0.687. The predicted octanol–water partition coefficient (Wildman–Crippen LogP) is 3.97. The first kappa shape index (κ1) is 19.7. The van der Waals surface area contributed by atoms with Crippen LogP contribution in [0.4, 0.5) is 10.1 Å². The molecule has 3 fully saturated rings. The van der Waals surface area contributed by atoms with Gasteiger partial charge in [0.05, 0.1) is 33.6 Å². The van der Waals surface area contributed by atoms with E-state index in [0.717, 1.165) is 17.7 Å². The zero-order valence-corrected chi connectivity index (χ0v) is 17.2. The fraction of sp³-hybridized carbons (Fsp3) is 0.318. The van der Waals surface area contributed by atoms with Crippen molar-refractivity contribution in [3.8, 4) is 0 Å². The standard InChI is InChI=1S/C22H17Cl2FN2O3/c23-14-8-7-13(10-15(14)24)27-21(29)17-16-2-1-9-26(16)19(18(17)22(27)30)20(28)11-3-5-12(25)6-4-11/h3-8,10,16-19H,1-2,9H2/t16-,17-,18+,19-/m1/s1. The number of halogens is 3. The van der Waals surface area contributed by atoms with E-state index in [4.69, 9.17) is 23.2 Å². The lowest BCUT2D eigenvalue weighted by Crippen LogP contribution is -2.46. The Morgan fingerprint density at radius 2 is 1.67 bits per heavy atom. The molecule has 30 heavy (non-hydrogen) atoms. The molecule has 2 amide bonds. The molecule has 4 atom stereocenters. The zero-order valence-electron chi connectivity index (χ0n) is 15.7. The monoisotopic (exact) mass is 446 g/mol. The number of anilines is 1. The summed E-state index contributed by atoms with van der Waals surface area (Å²) in [5.74, 6) is -2.76. The zero-order chi connectivity index (χ0) is 21.2. The topological polar surface area (TPSA) is 57.7 Å². The van der Waals surface area contributed by atoms with Crippen LogP contribution < -0.4 is 4.90 Å². The van der Waals surface area contributed by atoms with Crippen LogP contribution in [0.25, 0.3) is 0 Å². The van der Waals surface area contributed by atoms with Gasteiger partial charge in [-0.15, -0.1) is 0 Å². The smallest absolute Gasteiger partial charge is 0.239 e. The number of fused-ring (bicyclic) bond motifs is 3. The van der Waals surface area contributed by atoms with Gasteiger partial charge in [-0.25, -0.2) is 9.29 Å². The van der Waals surface area contributed by atoms with Gasteiger partial charge >= 0.3 is 0 Å². The van der Waals surface area contributed by atoms with Crippen molar-refractivity contribution in [2.75, 3.05) is 11.4 Å². The number of hydrogen-bond acceptors (Lipinski definition) is 4. The van der Waals surface area contributed by atoms with Crippen molar-refractivity contribution in [3.63, 3.8) is 0 Å². The molecule has 5 nitrogen and oxygen atoms in total. The maximum Gasteiger partial charge on any atom is 0.239 e. The van der Waals surface area contributed by atoms with Gasteiger partial charge in [0.25, 0.3) is 0 Å². The van der Waals surface area contributed by atoms with Crippen molar-refractivity contribution < 1.29 is 18.8 Å². The van der Waals surface area contributed by atoms with Gasteiger partial charge in [0.15, 0.2) is 5.78 Å². The minimum absolute atomic E-state index is 0.159. The number of nitrogens with zero attached hydrogens (tertiary/aromatic N) is 2. The van der Waals surface area contributed by atoms with Crippen LogP contribution in [-0.2, 0) is 9.59 Å². The van der Waals surface area contributed by atoms with Crippen LogP contribution in [0.3, 0.4) is 0 Å². The van der Waals surface area contributed by atoms with Crippen LogP contribution in [0, 0.1) is 17.7 Å². The third-order valence-corrected chi connectivity index (χ3v) is 7.15. The molecule has 0 unspecified atom stereocenters. The van der Waals surface area contributed by atoms with Crippen molar-refractivity contribution in [2.24, 2.45) is 11.8 Å². The van der Waals surface area contributed by atoms with Crippen molar-refractivity contribution in [3.05, 3.63) is 63.9 Å². The molecule has 8 heteroatoms. The van der Waals surface area contributed by atoms with E-state index in [2.05, 4.69) is 0 Å². The second-order valence-corrected chi connectivity index (χ2v) is 8.74. The van der Waals surface area contributed by atoms with E-state index in [1.54, 1.807) is 6.07 Å². The van der Waals surface area contributed by atoms with E-state index >= 15 is 0 Å². The molecule has 3 heterocycles. The van der Waals surface area contributed by atoms with Crippen LogP contribution in [0.15, 0.2) is 42.5 Å².